The normalized spacial score (nSPS) is 14.6. The summed E-state index contributed by atoms with van der Waals surface area (Å²) in [6.07, 6.45) is 4.92. The largest absolute Gasteiger partial charge is 0.353 e. The predicted octanol–water partition coefficient (Wildman–Crippen LogP) is 3.30. The van der Waals surface area contributed by atoms with Gasteiger partial charge in [0, 0.05) is 13.1 Å². The van der Waals surface area contributed by atoms with Gasteiger partial charge < -0.3 is 4.90 Å². The molecule has 4 rings (SSSR count). The summed E-state index contributed by atoms with van der Waals surface area (Å²) in [7, 11) is -4.09. The van der Waals surface area contributed by atoms with Crippen molar-refractivity contribution in [1.29, 1.82) is 5.26 Å². The maximum absolute atomic E-state index is 13.2. The molecule has 1 aliphatic heterocycles. The SMILES string of the molecule is N#CN(c1nc2ccccc2nc1N1CCCCC1)S(=O)(=O)c1ccccc1. The second-order valence-electron chi connectivity index (χ2n) is 6.59. The topological polar surface area (TPSA) is 90.2 Å². The van der Waals surface area contributed by atoms with Gasteiger partial charge in [0.25, 0.3) is 10.0 Å². The molecule has 8 heteroatoms. The van der Waals surface area contributed by atoms with E-state index in [1.54, 1.807) is 24.3 Å². The monoisotopic (exact) mass is 393 g/mol. The fourth-order valence-electron chi connectivity index (χ4n) is 3.35. The number of benzene rings is 2. The molecule has 0 unspecified atom stereocenters. The van der Waals surface area contributed by atoms with Gasteiger partial charge in [0.1, 0.15) is 0 Å². The Labute approximate surface area is 163 Å². The Morgan fingerprint density at radius 1 is 0.893 bits per heavy atom. The van der Waals surface area contributed by atoms with Crippen LogP contribution >= 0.6 is 0 Å². The quantitative estimate of drug-likeness (QED) is 0.499. The van der Waals surface area contributed by atoms with Crippen molar-refractivity contribution in [3.05, 3.63) is 54.6 Å². The third kappa shape index (κ3) is 3.25. The summed E-state index contributed by atoms with van der Waals surface area (Å²) in [6, 6.07) is 15.2. The van der Waals surface area contributed by atoms with Crippen LogP contribution in [0.2, 0.25) is 0 Å². The van der Waals surface area contributed by atoms with Crippen molar-refractivity contribution in [2.75, 3.05) is 22.3 Å². The summed E-state index contributed by atoms with van der Waals surface area (Å²) in [4.78, 5) is 11.3. The second kappa shape index (κ2) is 7.44. The zero-order valence-electron chi connectivity index (χ0n) is 15.2. The van der Waals surface area contributed by atoms with Crippen LogP contribution < -0.4 is 9.21 Å². The first kappa shape index (κ1) is 18.2. The van der Waals surface area contributed by atoms with Gasteiger partial charge in [0.05, 0.1) is 15.9 Å². The second-order valence-corrected chi connectivity index (χ2v) is 8.38. The number of rotatable bonds is 4. The fraction of sp³-hybridized carbons (Fsp3) is 0.250. The van der Waals surface area contributed by atoms with Gasteiger partial charge >= 0.3 is 0 Å². The number of anilines is 2. The average molecular weight is 393 g/mol. The van der Waals surface area contributed by atoms with Crippen LogP contribution in [0.5, 0.6) is 0 Å². The Morgan fingerprint density at radius 3 is 2.14 bits per heavy atom. The Balaban J connectivity index is 1.91. The summed E-state index contributed by atoms with van der Waals surface area (Å²) in [5.74, 6) is 0.478. The van der Waals surface area contributed by atoms with Crippen molar-refractivity contribution in [1.82, 2.24) is 9.97 Å². The van der Waals surface area contributed by atoms with E-state index in [0.717, 1.165) is 32.4 Å². The maximum atomic E-state index is 13.2. The summed E-state index contributed by atoms with van der Waals surface area (Å²) in [6.45, 7) is 1.51. The molecule has 28 heavy (non-hydrogen) atoms. The minimum Gasteiger partial charge on any atom is -0.353 e. The average Bonchev–Trinajstić information content (AvgIpc) is 2.75. The lowest BCUT2D eigenvalue weighted by atomic mass is 10.1. The third-order valence-corrected chi connectivity index (χ3v) is 6.36. The maximum Gasteiger partial charge on any atom is 0.278 e. The number of fused-ring (bicyclic) bond motifs is 1. The first-order chi connectivity index (χ1) is 13.6. The zero-order valence-corrected chi connectivity index (χ0v) is 16.0. The van der Waals surface area contributed by atoms with E-state index in [1.165, 1.54) is 12.1 Å². The van der Waals surface area contributed by atoms with Gasteiger partial charge in [-0.05, 0) is 43.5 Å². The van der Waals surface area contributed by atoms with Crippen molar-refractivity contribution in [3.63, 3.8) is 0 Å². The number of aromatic nitrogens is 2. The smallest absolute Gasteiger partial charge is 0.278 e. The summed E-state index contributed by atoms with van der Waals surface area (Å²) in [5.41, 5.74) is 1.21. The molecule has 1 aromatic heterocycles. The molecular formula is C20H19N5O2S. The zero-order chi connectivity index (χ0) is 19.6. The molecule has 0 radical (unpaired) electrons. The van der Waals surface area contributed by atoms with Crippen LogP contribution in [-0.2, 0) is 10.0 Å². The van der Waals surface area contributed by atoms with Gasteiger partial charge in [-0.15, -0.1) is 4.31 Å². The fourth-order valence-corrected chi connectivity index (χ4v) is 4.52. The van der Waals surface area contributed by atoms with Crippen LogP contribution in [0, 0.1) is 11.5 Å². The number of nitrogens with zero attached hydrogens (tertiary/aromatic N) is 5. The number of piperidine rings is 1. The van der Waals surface area contributed by atoms with Crippen LogP contribution in [-0.4, -0.2) is 31.5 Å². The Hall–Kier alpha value is -3.18. The molecule has 7 nitrogen and oxygen atoms in total. The van der Waals surface area contributed by atoms with E-state index in [2.05, 4.69) is 9.97 Å². The Morgan fingerprint density at radius 2 is 1.50 bits per heavy atom. The molecule has 1 aliphatic rings. The molecule has 0 atom stereocenters. The lowest BCUT2D eigenvalue weighted by Gasteiger charge is -2.30. The van der Waals surface area contributed by atoms with Crippen molar-refractivity contribution in [2.24, 2.45) is 0 Å². The molecule has 0 amide bonds. The van der Waals surface area contributed by atoms with Gasteiger partial charge in [-0.25, -0.2) is 9.97 Å². The van der Waals surface area contributed by atoms with E-state index in [0.29, 0.717) is 21.2 Å². The molecule has 0 spiro atoms. The van der Waals surface area contributed by atoms with Crippen LogP contribution in [0.4, 0.5) is 11.6 Å². The lowest BCUT2D eigenvalue weighted by molar-refractivity contribution is 0.573. The molecular weight excluding hydrogens is 374 g/mol. The molecule has 142 valence electrons. The number of sulfonamides is 1. The molecule has 0 bridgehead atoms. The molecule has 1 saturated heterocycles. The van der Waals surface area contributed by atoms with Gasteiger partial charge in [-0.3, -0.25) is 0 Å². The van der Waals surface area contributed by atoms with Crippen molar-refractivity contribution in [3.8, 4) is 6.19 Å². The molecule has 0 aliphatic carbocycles. The van der Waals surface area contributed by atoms with E-state index in [1.807, 2.05) is 29.3 Å². The summed E-state index contributed by atoms with van der Waals surface area (Å²) < 4.78 is 27.0. The highest BCUT2D eigenvalue weighted by Crippen LogP contribution is 2.33. The van der Waals surface area contributed by atoms with Crippen molar-refractivity contribution < 1.29 is 8.42 Å². The standard InChI is InChI=1S/C20H19N5O2S/c21-15-25(28(26,27)16-9-3-1-4-10-16)20-19(24-13-7-2-8-14-24)22-17-11-5-6-12-18(17)23-20/h1,3-6,9-12H,2,7-8,13-14H2. The minimum absolute atomic E-state index is 0.0381. The van der Waals surface area contributed by atoms with Crippen LogP contribution in [0.15, 0.2) is 59.5 Å². The van der Waals surface area contributed by atoms with E-state index < -0.39 is 10.0 Å². The highest BCUT2D eigenvalue weighted by atomic mass is 32.2. The first-order valence-corrected chi connectivity index (χ1v) is 10.6. The molecule has 0 saturated carbocycles. The van der Waals surface area contributed by atoms with Gasteiger partial charge in [0.15, 0.2) is 5.82 Å². The van der Waals surface area contributed by atoms with Gasteiger partial charge in [-0.1, -0.05) is 30.3 Å². The molecule has 1 fully saturated rings. The van der Waals surface area contributed by atoms with Crippen molar-refractivity contribution in [2.45, 2.75) is 24.2 Å². The highest BCUT2D eigenvalue weighted by molar-refractivity contribution is 7.93. The third-order valence-electron chi connectivity index (χ3n) is 4.75. The van der Waals surface area contributed by atoms with Crippen LogP contribution in [0.3, 0.4) is 0 Å². The Kier molecular flexibility index (Phi) is 4.84. The van der Waals surface area contributed by atoms with E-state index in [4.69, 9.17) is 0 Å². The number of nitriles is 1. The number of para-hydroxylation sites is 2. The molecule has 0 N–H and O–H groups in total. The highest BCUT2D eigenvalue weighted by Gasteiger charge is 2.31. The predicted molar refractivity (Wildman–Crippen MR) is 107 cm³/mol. The number of hydrogen-bond acceptors (Lipinski definition) is 6. The summed E-state index contributed by atoms with van der Waals surface area (Å²) >= 11 is 0. The van der Waals surface area contributed by atoms with E-state index in [-0.39, 0.29) is 10.7 Å². The van der Waals surface area contributed by atoms with E-state index >= 15 is 0 Å². The molecule has 3 aromatic rings. The van der Waals surface area contributed by atoms with Crippen LogP contribution in [0.25, 0.3) is 11.0 Å². The van der Waals surface area contributed by atoms with Crippen LogP contribution in [0.1, 0.15) is 19.3 Å². The lowest BCUT2D eigenvalue weighted by Crippen LogP contribution is -2.34. The summed E-state index contributed by atoms with van der Waals surface area (Å²) in [5, 5.41) is 9.78. The molecule has 2 heterocycles. The van der Waals surface area contributed by atoms with E-state index in [9.17, 15) is 13.7 Å². The van der Waals surface area contributed by atoms with Gasteiger partial charge in [-0.2, -0.15) is 13.7 Å². The minimum atomic E-state index is -4.09. The van der Waals surface area contributed by atoms with Crippen molar-refractivity contribution >= 4 is 32.7 Å². The first-order valence-electron chi connectivity index (χ1n) is 9.13. The number of hydrogen-bond donors (Lipinski definition) is 0. The van der Waals surface area contributed by atoms with Gasteiger partial charge in [0.2, 0.25) is 12.0 Å². The Bertz CT molecular complexity index is 1140. The molecule has 2 aromatic carbocycles.